The minimum Gasteiger partial charge on any atom is -0.430 e. The second-order valence-corrected chi connectivity index (χ2v) is 2.27. The van der Waals surface area contributed by atoms with Crippen molar-refractivity contribution in [3.05, 3.63) is 12.7 Å². The monoisotopic (exact) mass is 160 g/mol. The summed E-state index contributed by atoms with van der Waals surface area (Å²) in [7, 11) is 0. The van der Waals surface area contributed by atoms with E-state index in [4.69, 9.17) is 10.2 Å². The summed E-state index contributed by atoms with van der Waals surface area (Å²) in [6, 6.07) is 0. The highest BCUT2D eigenvalue weighted by molar-refractivity contribution is 5.81. The first-order chi connectivity index (χ1) is 5.02. The van der Waals surface area contributed by atoms with Gasteiger partial charge in [0.05, 0.1) is 0 Å². The third-order valence-electron chi connectivity index (χ3n) is 1.06. The number of esters is 1. The number of aliphatic hydroxyl groups is 2. The van der Waals surface area contributed by atoms with E-state index in [2.05, 4.69) is 11.3 Å². The number of aliphatic hydroxyl groups excluding tert-OH is 1. The second kappa shape index (κ2) is 4.10. The lowest BCUT2D eigenvalue weighted by atomic mass is 10.2. The fourth-order valence-corrected chi connectivity index (χ4v) is 0.517. The molecule has 0 aliphatic heterocycles. The van der Waals surface area contributed by atoms with Crippen LogP contribution in [0.4, 0.5) is 0 Å². The smallest absolute Gasteiger partial charge is 0.332 e. The molecular formula is C7H12O4. The summed E-state index contributed by atoms with van der Waals surface area (Å²) in [5.41, 5.74) is 0. The molecule has 0 heterocycles. The van der Waals surface area contributed by atoms with Crippen molar-refractivity contribution in [1.29, 1.82) is 0 Å². The van der Waals surface area contributed by atoms with E-state index in [0.29, 0.717) is 0 Å². The van der Waals surface area contributed by atoms with E-state index < -0.39 is 11.8 Å². The maximum atomic E-state index is 10.5. The molecule has 4 nitrogen and oxygen atoms in total. The van der Waals surface area contributed by atoms with Crippen molar-refractivity contribution in [3.8, 4) is 0 Å². The van der Waals surface area contributed by atoms with E-state index in [-0.39, 0.29) is 13.0 Å². The van der Waals surface area contributed by atoms with E-state index in [0.717, 1.165) is 6.08 Å². The lowest BCUT2D eigenvalue weighted by Gasteiger charge is -2.21. The van der Waals surface area contributed by atoms with Gasteiger partial charge in [0.2, 0.25) is 5.79 Å². The largest absolute Gasteiger partial charge is 0.430 e. The van der Waals surface area contributed by atoms with Gasteiger partial charge in [0.25, 0.3) is 0 Å². The van der Waals surface area contributed by atoms with E-state index >= 15 is 0 Å². The predicted octanol–water partition coefficient (Wildman–Crippen LogP) is -0.194. The van der Waals surface area contributed by atoms with Crippen LogP contribution < -0.4 is 0 Å². The fourth-order valence-electron chi connectivity index (χ4n) is 0.517. The first-order valence-corrected chi connectivity index (χ1v) is 3.20. The molecular weight excluding hydrogens is 148 g/mol. The quantitative estimate of drug-likeness (QED) is 0.340. The van der Waals surface area contributed by atoms with Gasteiger partial charge in [-0.3, -0.25) is 0 Å². The summed E-state index contributed by atoms with van der Waals surface area (Å²) in [6.45, 7) is 4.21. The molecule has 11 heavy (non-hydrogen) atoms. The molecule has 64 valence electrons. The summed E-state index contributed by atoms with van der Waals surface area (Å²) in [6.07, 6.45) is 0.943. The van der Waals surface area contributed by atoms with E-state index in [1.54, 1.807) is 0 Å². The van der Waals surface area contributed by atoms with Crippen LogP contribution in [-0.4, -0.2) is 28.6 Å². The van der Waals surface area contributed by atoms with Gasteiger partial charge in [0.15, 0.2) is 0 Å². The van der Waals surface area contributed by atoms with Gasteiger partial charge in [-0.2, -0.15) is 0 Å². The van der Waals surface area contributed by atoms with Crippen LogP contribution in [0, 0.1) is 0 Å². The Bertz CT molecular complexity index is 151. The predicted molar refractivity (Wildman–Crippen MR) is 38.6 cm³/mol. The molecule has 0 saturated heterocycles. The van der Waals surface area contributed by atoms with Gasteiger partial charge in [-0.25, -0.2) is 4.79 Å². The summed E-state index contributed by atoms with van der Waals surface area (Å²) in [4.78, 5) is 10.5. The fraction of sp³-hybridized carbons (Fsp3) is 0.571. The minimum atomic E-state index is -1.60. The van der Waals surface area contributed by atoms with Gasteiger partial charge in [0.1, 0.15) is 0 Å². The van der Waals surface area contributed by atoms with Gasteiger partial charge in [-0.15, -0.1) is 0 Å². The van der Waals surface area contributed by atoms with Crippen LogP contribution in [0.25, 0.3) is 0 Å². The summed E-state index contributed by atoms with van der Waals surface area (Å²) < 4.78 is 4.47. The topological polar surface area (TPSA) is 66.8 Å². The highest BCUT2D eigenvalue weighted by Gasteiger charge is 2.22. The third kappa shape index (κ3) is 4.52. The highest BCUT2D eigenvalue weighted by Crippen LogP contribution is 2.10. The van der Waals surface area contributed by atoms with Crippen LogP contribution in [0.15, 0.2) is 12.7 Å². The lowest BCUT2D eigenvalue weighted by molar-refractivity contribution is -0.201. The van der Waals surface area contributed by atoms with Crippen molar-refractivity contribution >= 4 is 5.97 Å². The minimum absolute atomic E-state index is 0.00736. The van der Waals surface area contributed by atoms with Crippen LogP contribution in [-0.2, 0) is 9.53 Å². The number of hydrogen-bond donors (Lipinski definition) is 2. The molecule has 0 radical (unpaired) electrons. The zero-order chi connectivity index (χ0) is 8.91. The van der Waals surface area contributed by atoms with Crippen LogP contribution >= 0.6 is 0 Å². The van der Waals surface area contributed by atoms with Crippen LogP contribution in [0.2, 0.25) is 0 Å². The van der Waals surface area contributed by atoms with Crippen molar-refractivity contribution in [2.24, 2.45) is 0 Å². The SMILES string of the molecule is C=CC(=O)OC(C)(O)CCO. The average Bonchev–Trinajstić information content (AvgIpc) is 1.86. The van der Waals surface area contributed by atoms with E-state index in [9.17, 15) is 4.79 Å². The van der Waals surface area contributed by atoms with Gasteiger partial charge < -0.3 is 14.9 Å². The maximum Gasteiger partial charge on any atom is 0.332 e. The summed E-state index contributed by atoms with van der Waals surface area (Å²) >= 11 is 0. The number of rotatable bonds is 4. The highest BCUT2D eigenvalue weighted by atomic mass is 16.7. The maximum absolute atomic E-state index is 10.5. The van der Waals surface area contributed by atoms with Gasteiger partial charge in [-0.1, -0.05) is 6.58 Å². The molecule has 0 bridgehead atoms. The van der Waals surface area contributed by atoms with Gasteiger partial charge in [0, 0.05) is 26.0 Å². The average molecular weight is 160 g/mol. The number of carbonyl (C=O) groups is 1. The molecule has 0 aliphatic carbocycles. The molecule has 0 saturated carbocycles. The summed E-state index contributed by atoms with van der Waals surface area (Å²) in [5.74, 6) is -2.30. The molecule has 2 N–H and O–H groups in total. The first-order valence-electron chi connectivity index (χ1n) is 3.20. The molecule has 0 aromatic rings. The Balaban J connectivity index is 3.89. The number of hydrogen-bond acceptors (Lipinski definition) is 4. The molecule has 0 spiro atoms. The second-order valence-electron chi connectivity index (χ2n) is 2.27. The Hall–Kier alpha value is -0.870. The Labute approximate surface area is 65.1 Å². The lowest BCUT2D eigenvalue weighted by Crippen LogP contribution is -2.31. The molecule has 1 atom stereocenters. The van der Waals surface area contributed by atoms with Gasteiger partial charge >= 0.3 is 5.97 Å². The van der Waals surface area contributed by atoms with Crippen molar-refractivity contribution in [2.45, 2.75) is 19.1 Å². The Kier molecular flexibility index (Phi) is 3.78. The molecule has 0 rings (SSSR count). The number of carbonyl (C=O) groups excluding carboxylic acids is 1. The zero-order valence-electron chi connectivity index (χ0n) is 6.41. The molecule has 0 aromatic carbocycles. The van der Waals surface area contributed by atoms with E-state index in [1.807, 2.05) is 0 Å². The molecule has 1 unspecified atom stereocenters. The van der Waals surface area contributed by atoms with Crippen LogP contribution in [0.1, 0.15) is 13.3 Å². The van der Waals surface area contributed by atoms with Crippen molar-refractivity contribution in [2.75, 3.05) is 6.61 Å². The Morgan fingerprint density at radius 1 is 1.82 bits per heavy atom. The van der Waals surface area contributed by atoms with Crippen molar-refractivity contribution in [3.63, 3.8) is 0 Å². The molecule has 4 heteroatoms. The number of ether oxygens (including phenoxy) is 1. The third-order valence-corrected chi connectivity index (χ3v) is 1.06. The standard InChI is InChI=1S/C7H12O4/c1-3-6(9)11-7(2,10)4-5-8/h3,8,10H,1,4-5H2,2H3. The summed E-state index contributed by atoms with van der Waals surface area (Å²) in [5, 5.41) is 17.6. The molecule has 0 amide bonds. The van der Waals surface area contributed by atoms with Gasteiger partial charge in [-0.05, 0) is 0 Å². The van der Waals surface area contributed by atoms with Crippen LogP contribution in [0.3, 0.4) is 0 Å². The zero-order valence-corrected chi connectivity index (χ0v) is 6.41. The van der Waals surface area contributed by atoms with Crippen molar-refractivity contribution in [1.82, 2.24) is 0 Å². The molecule has 0 aromatic heterocycles. The Morgan fingerprint density at radius 2 is 2.36 bits per heavy atom. The molecule has 0 aliphatic rings. The first kappa shape index (κ1) is 10.1. The van der Waals surface area contributed by atoms with Crippen molar-refractivity contribution < 1.29 is 19.7 Å². The normalized spacial score (nSPS) is 15.2. The van der Waals surface area contributed by atoms with E-state index in [1.165, 1.54) is 6.92 Å². The Morgan fingerprint density at radius 3 is 2.73 bits per heavy atom. The molecule has 0 fully saturated rings. The van der Waals surface area contributed by atoms with Crippen LogP contribution in [0.5, 0.6) is 0 Å².